The van der Waals surface area contributed by atoms with Crippen molar-refractivity contribution in [2.45, 2.75) is 12.0 Å². The highest BCUT2D eigenvalue weighted by molar-refractivity contribution is 5.90. The molecule has 4 nitrogen and oxygen atoms in total. The van der Waals surface area contributed by atoms with E-state index in [0.717, 1.165) is 12.0 Å². The maximum absolute atomic E-state index is 11.4. The lowest BCUT2D eigenvalue weighted by Crippen LogP contribution is -2.40. The third-order valence-electron chi connectivity index (χ3n) is 2.92. The number of hydrogen-bond acceptors (Lipinski definition) is 4. The lowest BCUT2D eigenvalue weighted by molar-refractivity contribution is -0.110. The van der Waals surface area contributed by atoms with Crippen LogP contribution in [0.3, 0.4) is 0 Å². The zero-order chi connectivity index (χ0) is 13.7. The summed E-state index contributed by atoms with van der Waals surface area (Å²) in [7, 11) is 0. The molecule has 0 bridgehead atoms. The fourth-order valence-corrected chi connectivity index (χ4v) is 2.11. The van der Waals surface area contributed by atoms with Crippen LogP contribution < -0.4 is 5.32 Å². The second-order valence-corrected chi connectivity index (χ2v) is 4.43. The molecule has 0 heterocycles. The Balaban J connectivity index is 2.36. The van der Waals surface area contributed by atoms with Gasteiger partial charge < -0.3 is 10.1 Å². The molecule has 1 atom stereocenters. The van der Waals surface area contributed by atoms with Crippen molar-refractivity contribution in [1.29, 1.82) is 0 Å². The van der Waals surface area contributed by atoms with Gasteiger partial charge in [-0.25, -0.2) is 0 Å². The van der Waals surface area contributed by atoms with Crippen molar-refractivity contribution in [3.63, 3.8) is 0 Å². The van der Waals surface area contributed by atoms with Gasteiger partial charge in [-0.3, -0.25) is 9.59 Å². The molecule has 0 spiro atoms. The van der Waals surface area contributed by atoms with Gasteiger partial charge in [0.1, 0.15) is 24.4 Å². The highest BCUT2D eigenvalue weighted by Crippen LogP contribution is 2.27. The van der Waals surface area contributed by atoms with Crippen molar-refractivity contribution in [3.05, 3.63) is 53.6 Å². The van der Waals surface area contributed by atoms with E-state index in [0.29, 0.717) is 23.7 Å². The summed E-state index contributed by atoms with van der Waals surface area (Å²) < 4.78 is 0. The summed E-state index contributed by atoms with van der Waals surface area (Å²) >= 11 is 0. The SMILES string of the molecule is O=CC1=CC(C=O)(Nc2ccccc2)CC(C=O)=C1. The maximum atomic E-state index is 11.4. The summed E-state index contributed by atoms with van der Waals surface area (Å²) in [4.78, 5) is 33.3. The number of rotatable bonds is 5. The lowest BCUT2D eigenvalue weighted by atomic mass is 9.85. The predicted octanol–water partition coefficient (Wildman–Crippen LogP) is 1.69. The topological polar surface area (TPSA) is 63.2 Å². The summed E-state index contributed by atoms with van der Waals surface area (Å²) in [6.45, 7) is 0. The Morgan fingerprint density at radius 1 is 1.05 bits per heavy atom. The van der Waals surface area contributed by atoms with Crippen molar-refractivity contribution in [2.24, 2.45) is 0 Å². The van der Waals surface area contributed by atoms with E-state index in [1.54, 1.807) is 6.08 Å². The van der Waals surface area contributed by atoms with E-state index >= 15 is 0 Å². The highest BCUT2D eigenvalue weighted by atomic mass is 16.1. The zero-order valence-electron chi connectivity index (χ0n) is 10.2. The Morgan fingerprint density at radius 3 is 2.37 bits per heavy atom. The number of allylic oxidation sites excluding steroid dienone is 2. The fourth-order valence-electron chi connectivity index (χ4n) is 2.11. The Labute approximate surface area is 110 Å². The molecule has 19 heavy (non-hydrogen) atoms. The summed E-state index contributed by atoms with van der Waals surface area (Å²) in [6.07, 6.45) is 5.29. The van der Waals surface area contributed by atoms with E-state index in [-0.39, 0.29) is 6.42 Å². The number of nitrogens with one attached hydrogen (secondary N) is 1. The van der Waals surface area contributed by atoms with Gasteiger partial charge in [-0.05, 0) is 29.9 Å². The standard InChI is InChI=1S/C15H13NO3/c17-9-12-6-13(10-18)8-15(7-12,11-19)16-14-4-2-1-3-5-14/h1-7,9-11,16H,8H2. The molecule has 0 fully saturated rings. The monoisotopic (exact) mass is 255 g/mol. The van der Waals surface area contributed by atoms with Gasteiger partial charge in [-0.15, -0.1) is 0 Å². The van der Waals surface area contributed by atoms with E-state index < -0.39 is 5.54 Å². The van der Waals surface area contributed by atoms with Gasteiger partial charge in [0.15, 0.2) is 0 Å². The first-order valence-corrected chi connectivity index (χ1v) is 5.85. The van der Waals surface area contributed by atoms with E-state index in [2.05, 4.69) is 5.32 Å². The van der Waals surface area contributed by atoms with Gasteiger partial charge in [-0.1, -0.05) is 18.2 Å². The average Bonchev–Trinajstić information content (AvgIpc) is 2.47. The zero-order valence-corrected chi connectivity index (χ0v) is 10.2. The van der Waals surface area contributed by atoms with Crippen molar-refractivity contribution in [3.8, 4) is 0 Å². The molecule has 0 amide bonds. The molecule has 1 unspecified atom stereocenters. The molecule has 0 saturated carbocycles. The molecule has 2 rings (SSSR count). The second kappa shape index (κ2) is 5.44. The van der Waals surface area contributed by atoms with Crippen molar-refractivity contribution in [2.75, 3.05) is 5.32 Å². The van der Waals surface area contributed by atoms with E-state index in [1.165, 1.54) is 6.08 Å². The van der Waals surface area contributed by atoms with Crippen LogP contribution in [-0.2, 0) is 14.4 Å². The third-order valence-corrected chi connectivity index (χ3v) is 2.92. The van der Waals surface area contributed by atoms with Gasteiger partial charge in [0.05, 0.1) is 0 Å². The number of anilines is 1. The van der Waals surface area contributed by atoms with Crippen LogP contribution >= 0.6 is 0 Å². The molecule has 0 saturated heterocycles. The number of para-hydroxylation sites is 1. The summed E-state index contributed by atoms with van der Waals surface area (Å²) in [5, 5.41) is 3.07. The molecule has 4 heteroatoms. The first-order chi connectivity index (χ1) is 9.21. The third kappa shape index (κ3) is 2.85. The van der Waals surface area contributed by atoms with Crippen LogP contribution in [0.15, 0.2) is 53.6 Å². The van der Waals surface area contributed by atoms with Gasteiger partial charge >= 0.3 is 0 Å². The van der Waals surface area contributed by atoms with Gasteiger partial charge in [-0.2, -0.15) is 0 Å². The average molecular weight is 255 g/mol. The van der Waals surface area contributed by atoms with E-state index in [4.69, 9.17) is 0 Å². The second-order valence-electron chi connectivity index (χ2n) is 4.43. The fraction of sp³-hybridized carbons (Fsp3) is 0.133. The first-order valence-electron chi connectivity index (χ1n) is 5.85. The highest BCUT2D eigenvalue weighted by Gasteiger charge is 2.31. The number of benzene rings is 1. The molecule has 1 aliphatic carbocycles. The molecular weight excluding hydrogens is 242 g/mol. The number of hydrogen-bond donors (Lipinski definition) is 1. The molecule has 96 valence electrons. The van der Waals surface area contributed by atoms with Crippen LogP contribution in [-0.4, -0.2) is 24.4 Å². The molecular formula is C15H13NO3. The van der Waals surface area contributed by atoms with E-state index in [9.17, 15) is 14.4 Å². The van der Waals surface area contributed by atoms with E-state index in [1.807, 2.05) is 30.3 Å². The van der Waals surface area contributed by atoms with Crippen LogP contribution in [0, 0.1) is 0 Å². The molecule has 1 aromatic carbocycles. The first kappa shape index (κ1) is 13.0. The van der Waals surface area contributed by atoms with Crippen molar-refractivity contribution < 1.29 is 14.4 Å². The molecule has 1 aliphatic rings. The number of carbonyl (C=O) groups is 3. The smallest absolute Gasteiger partial charge is 0.149 e. The minimum Gasteiger partial charge on any atom is -0.370 e. The molecule has 0 aromatic heterocycles. The van der Waals surface area contributed by atoms with Crippen LogP contribution in [0.25, 0.3) is 0 Å². The Morgan fingerprint density at radius 2 is 1.79 bits per heavy atom. The number of aldehydes is 3. The Kier molecular flexibility index (Phi) is 3.71. The molecule has 0 aliphatic heterocycles. The van der Waals surface area contributed by atoms with Crippen molar-refractivity contribution in [1.82, 2.24) is 0 Å². The van der Waals surface area contributed by atoms with Gasteiger partial charge in [0.25, 0.3) is 0 Å². The lowest BCUT2D eigenvalue weighted by Gasteiger charge is -2.30. The normalized spacial score (nSPS) is 21.9. The predicted molar refractivity (Wildman–Crippen MR) is 71.8 cm³/mol. The van der Waals surface area contributed by atoms with Gasteiger partial charge in [0, 0.05) is 17.7 Å². The summed E-state index contributed by atoms with van der Waals surface area (Å²) in [5.74, 6) is 0. The Bertz CT molecular complexity index is 560. The Hall–Kier alpha value is -2.49. The van der Waals surface area contributed by atoms with Crippen LogP contribution in [0.1, 0.15) is 6.42 Å². The van der Waals surface area contributed by atoms with Crippen LogP contribution in [0.2, 0.25) is 0 Å². The summed E-state index contributed by atoms with van der Waals surface area (Å²) in [6, 6.07) is 9.18. The minimum atomic E-state index is -1.05. The van der Waals surface area contributed by atoms with Crippen molar-refractivity contribution >= 4 is 24.5 Å². The van der Waals surface area contributed by atoms with Crippen LogP contribution in [0.5, 0.6) is 0 Å². The molecule has 1 N–H and O–H groups in total. The minimum absolute atomic E-state index is 0.228. The summed E-state index contributed by atoms with van der Waals surface area (Å²) in [5.41, 5.74) is 0.440. The van der Waals surface area contributed by atoms with Gasteiger partial charge in [0.2, 0.25) is 0 Å². The maximum Gasteiger partial charge on any atom is 0.149 e. The van der Waals surface area contributed by atoms with Crippen LogP contribution in [0.4, 0.5) is 5.69 Å². The largest absolute Gasteiger partial charge is 0.370 e. The molecule has 1 aromatic rings. The number of carbonyl (C=O) groups excluding carboxylic acids is 3. The molecule has 0 radical (unpaired) electrons. The quantitative estimate of drug-likeness (QED) is 0.813.